The van der Waals surface area contributed by atoms with Crippen molar-refractivity contribution in [1.82, 2.24) is 0 Å². The summed E-state index contributed by atoms with van der Waals surface area (Å²) >= 11 is 0. The number of fused-ring (bicyclic) bond motifs is 1. The molecule has 0 saturated carbocycles. The number of benzene rings is 1. The Labute approximate surface area is 86.2 Å². The van der Waals surface area contributed by atoms with Crippen molar-refractivity contribution >= 4 is 0 Å². The molecule has 0 amide bonds. The molecule has 1 aliphatic carbocycles. The highest BCUT2D eigenvalue weighted by Crippen LogP contribution is 2.25. The molecular weight excluding hydrogens is 175 g/mol. The molecule has 78 valence electrons. The van der Waals surface area contributed by atoms with Gasteiger partial charge in [0.15, 0.2) is 0 Å². The van der Waals surface area contributed by atoms with E-state index in [0.29, 0.717) is 0 Å². The molecule has 1 unspecified atom stereocenters. The molecule has 1 aliphatic rings. The first-order chi connectivity index (χ1) is 6.75. The molecular formula is C13H19F. The normalized spacial score (nSPS) is 19.3. The van der Waals surface area contributed by atoms with Crippen LogP contribution in [0.5, 0.6) is 0 Å². The zero-order chi connectivity index (χ0) is 10.6. The van der Waals surface area contributed by atoms with E-state index in [0.717, 1.165) is 18.8 Å². The van der Waals surface area contributed by atoms with Gasteiger partial charge in [-0.1, -0.05) is 26.8 Å². The van der Waals surface area contributed by atoms with Crippen LogP contribution in [0.1, 0.15) is 38.3 Å². The molecule has 1 aromatic rings. The van der Waals surface area contributed by atoms with E-state index >= 15 is 0 Å². The van der Waals surface area contributed by atoms with Crippen LogP contribution in [0.3, 0.4) is 0 Å². The predicted molar refractivity (Wildman–Crippen MR) is 58.9 cm³/mol. The second-order valence-corrected chi connectivity index (χ2v) is 3.76. The second kappa shape index (κ2) is 5.14. The third-order valence-electron chi connectivity index (χ3n) is 2.64. The fourth-order valence-corrected chi connectivity index (χ4v) is 1.91. The van der Waals surface area contributed by atoms with E-state index in [1.165, 1.54) is 17.5 Å². The molecule has 0 heterocycles. The monoisotopic (exact) mass is 194 g/mol. The fraction of sp³-hybridized carbons (Fsp3) is 0.538. The van der Waals surface area contributed by atoms with E-state index < -0.39 is 0 Å². The third kappa shape index (κ3) is 2.57. The molecule has 0 bridgehead atoms. The number of hydrogen-bond acceptors (Lipinski definition) is 0. The summed E-state index contributed by atoms with van der Waals surface area (Å²) < 4.78 is 12.8. The molecule has 1 aromatic carbocycles. The minimum atomic E-state index is -0.0946. The number of rotatable bonds is 0. The Bertz CT molecular complexity index is 291. The van der Waals surface area contributed by atoms with Gasteiger partial charge in [0.1, 0.15) is 5.82 Å². The summed E-state index contributed by atoms with van der Waals surface area (Å²) in [5.41, 5.74) is 2.56. The highest BCUT2D eigenvalue weighted by Gasteiger charge is 2.14. The Hall–Kier alpha value is -0.850. The van der Waals surface area contributed by atoms with Crippen LogP contribution >= 0.6 is 0 Å². The molecule has 1 heteroatoms. The van der Waals surface area contributed by atoms with Crippen molar-refractivity contribution in [2.45, 2.75) is 40.0 Å². The van der Waals surface area contributed by atoms with Crippen LogP contribution in [-0.4, -0.2) is 0 Å². The average molecular weight is 194 g/mol. The zero-order valence-electron chi connectivity index (χ0n) is 9.31. The van der Waals surface area contributed by atoms with E-state index in [1.54, 1.807) is 12.1 Å². The van der Waals surface area contributed by atoms with Crippen molar-refractivity contribution in [2.24, 2.45) is 5.92 Å². The van der Waals surface area contributed by atoms with Gasteiger partial charge in [-0.25, -0.2) is 4.39 Å². The summed E-state index contributed by atoms with van der Waals surface area (Å²) in [6, 6.07) is 5.18. The van der Waals surface area contributed by atoms with Crippen molar-refractivity contribution in [3.63, 3.8) is 0 Å². The van der Waals surface area contributed by atoms with Gasteiger partial charge >= 0.3 is 0 Å². The van der Waals surface area contributed by atoms with Gasteiger partial charge in [0.2, 0.25) is 0 Å². The smallest absolute Gasteiger partial charge is 0.123 e. The Morgan fingerprint density at radius 2 is 1.93 bits per heavy atom. The van der Waals surface area contributed by atoms with Crippen LogP contribution < -0.4 is 0 Å². The number of hydrogen-bond donors (Lipinski definition) is 0. The minimum absolute atomic E-state index is 0.0946. The Morgan fingerprint density at radius 3 is 2.64 bits per heavy atom. The van der Waals surface area contributed by atoms with E-state index in [-0.39, 0.29) is 5.82 Å². The van der Waals surface area contributed by atoms with Gasteiger partial charge in [-0.05, 0) is 48.4 Å². The van der Waals surface area contributed by atoms with E-state index in [4.69, 9.17) is 0 Å². The lowest BCUT2D eigenvalue weighted by Gasteiger charge is -2.20. The summed E-state index contributed by atoms with van der Waals surface area (Å²) in [6.07, 6.45) is 3.42. The van der Waals surface area contributed by atoms with Crippen molar-refractivity contribution in [1.29, 1.82) is 0 Å². The van der Waals surface area contributed by atoms with Gasteiger partial charge in [0, 0.05) is 0 Å². The summed E-state index contributed by atoms with van der Waals surface area (Å²) in [4.78, 5) is 0. The Kier molecular flexibility index (Phi) is 4.12. The molecule has 0 spiro atoms. The summed E-state index contributed by atoms with van der Waals surface area (Å²) in [6.45, 7) is 6.23. The van der Waals surface area contributed by atoms with Crippen LogP contribution in [0.4, 0.5) is 4.39 Å². The van der Waals surface area contributed by atoms with Crippen LogP contribution in [0.15, 0.2) is 18.2 Å². The van der Waals surface area contributed by atoms with Crippen molar-refractivity contribution in [3.8, 4) is 0 Å². The van der Waals surface area contributed by atoms with Crippen molar-refractivity contribution in [2.75, 3.05) is 0 Å². The van der Waals surface area contributed by atoms with Gasteiger partial charge in [0.25, 0.3) is 0 Å². The molecule has 1 atom stereocenters. The summed E-state index contributed by atoms with van der Waals surface area (Å²) in [7, 11) is 0. The lowest BCUT2D eigenvalue weighted by atomic mass is 9.85. The molecule has 2 rings (SSSR count). The van der Waals surface area contributed by atoms with Crippen molar-refractivity contribution in [3.05, 3.63) is 35.1 Å². The third-order valence-corrected chi connectivity index (χ3v) is 2.64. The van der Waals surface area contributed by atoms with Crippen LogP contribution in [0.2, 0.25) is 0 Å². The van der Waals surface area contributed by atoms with E-state index in [9.17, 15) is 4.39 Å². The lowest BCUT2D eigenvalue weighted by molar-refractivity contribution is 0.497. The standard InChI is InChI=1S/C11H13F.C2H6/c1-8-2-3-9-4-5-11(12)7-10(9)6-8;1-2/h4-5,7-8H,2-3,6H2,1H3;1-2H3. The fourth-order valence-electron chi connectivity index (χ4n) is 1.91. The summed E-state index contributed by atoms with van der Waals surface area (Å²) in [5, 5.41) is 0. The first-order valence-corrected chi connectivity index (χ1v) is 5.53. The predicted octanol–water partition coefficient (Wildman–Crippen LogP) is 3.98. The molecule has 0 fully saturated rings. The van der Waals surface area contributed by atoms with Crippen LogP contribution in [0, 0.1) is 11.7 Å². The first kappa shape index (κ1) is 11.2. The molecule has 0 aliphatic heterocycles. The molecule has 0 N–H and O–H groups in total. The van der Waals surface area contributed by atoms with Crippen LogP contribution in [-0.2, 0) is 12.8 Å². The van der Waals surface area contributed by atoms with E-state index in [2.05, 4.69) is 6.92 Å². The Morgan fingerprint density at radius 1 is 1.21 bits per heavy atom. The highest BCUT2D eigenvalue weighted by atomic mass is 19.1. The average Bonchev–Trinajstić information content (AvgIpc) is 2.20. The van der Waals surface area contributed by atoms with Gasteiger partial charge in [-0.15, -0.1) is 0 Å². The first-order valence-electron chi connectivity index (χ1n) is 5.53. The highest BCUT2D eigenvalue weighted by molar-refractivity contribution is 5.30. The topological polar surface area (TPSA) is 0 Å². The van der Waals surface area contributed by atoms with Crippen LogP contribution in [0.25, 0.3) is 0 Å². The Balaban J connectivity index is 0.000000461. The maximum atomic E-state index is 12.8. The molecule has 0 nitrogen and oxygen atoms in total. The molecule has 0 radical (unpaired) electrons. The van der Waals surface area contributed by atoms with Gasteiger partial charge < -0.3 is 0 Å². The van der Waals surface area contributed by atoms with Gasteiger partial charge in [-0.2, -0.15) is 0 Å². The SMILES string of the molecule is CC.CC1CCc2ccc(F)cc2C1. The van der Waals surface area contributed by atoms with Crippen molar-refractivity contribution < 1.29 is 4.39 Å². The maximum Gasteiger partial charge on any atom is 0.123 e. The minimum Gasteiger partial charge on any atom is -0.207 e. The van der Waals surface area contributed by atoms with E-state index in [1.807, 2.05) is 19.9 Å². The number of aryl methyl sites for hydroxylation is 1. The number of halogens is 1. The molecule has 0 aromatic heterocycles. The molecule has 0 saturated heterocycles. The maximum absolute atomic E-state index is 12.8. The van der Waals surface area contributed by atoms with Gasteiger partial charge in [0.05, 0.1) is 0 Å². The lowest BCUT2D eigenvalue weighted by Crippen LogP contribution is -2.11. The molecule has 14 heavy (non-hydrogen) atoms. The summed E-state index contributed by atoms with van der Waals surface area (Å²) in [5.74, 6) is 0.627. The largest absolute Gasteiger partial charge is 0.207 e. The quantitative estimate of drug-likeness (QED) is 0.586. The zero-order valence-corrected chi connectivity index (χ0v) is 9.31. The van der Waals surface area contributed by atoms with Gasteiger partial charge in [-0.3, -0.25) is 0 Å². The second-order valence-electron chi connectivity index (χ2n) is 3.76.